The molecule has 3 aromatic rings. The monoisotopic (exact) mass is 402 g/mol. The molecule has 0 atom stereocenters. The number of nitrogens with two attached hydrogens (primary N) is 1. The smallest absolute Gasteiger partial charge is 0.256 e. The molecule has 1 aliphatic heterocycles. The van der Waals surface area contributed by atoms with Gasteiger partial charge in [-0.25, -0.2) is 9.97 Å². The van der Waals surface area contributed by atoms with Crippen LogP contribution in [0.3, 0.4) is 0 Å². The van der Waals surface area contributed by atoms with Crippen molar-refractivity contribution in [2.75, 3.05) is 31.5 Å². The Morgan fingerprint density at radius 3 is 2.30 bits per heavy atom. The van der Waals surface area contributed by atoms with Crippen LogP contribution >= 0.6 is 0 Å². The number of amides is 2. The molecule has 4 N–H and O–H groups in total. The predicted octanol–water partition coefficient (Wildman–Crippen LogP) is 2.03. The highest BCUT2D eigenvalue weighted by atomic mass is 16.2. The number of anilines is 2. The summed E-state index contributed by atoms with van der Waals surface area (Å²) in [5.41, 5.74) is 8.82. The summed E-state index contributed by atoms with van der Waals surface area (Å²) < 4.78 is 0. The zero-order valence-corrected chi connectivity index (χ0v) is 16.3. The first-order valence-electron chi connectivity index (χ1n) is 9.69. The first kappa shape index (κ1) is 19.5. The number of aromatic nitrogens is 2. The molecule has 1 saturated heterocycles. The lowest BCUT2D eigenvalue weighted by Crippen LogP contribution is -2.46. The molecule has 1 aromatic heterocycles. The number of benzene rings is 2. The molecule has 8 heteroatoms. The Bertz CT molecular complexity index is 1050. The van der Waals surface area contributed by atoms with E-state index in [0.29, 0.717) is 41.0 Å². The Labute approximate surface area is 174 Å². The molecule has 1 aliphatic rings. The number of primary amides is 1. The van der Waals surface area contributed by atoms with Crippen LogP contribution in [-0.4, -0.2) is 52.9 Å². The lowest BCUT2D eigenvalue weighted by Gasteiger charge is -2.29. The molecule has 0 unspecified atom stereocenters. The van der Waals surface area contributed by atoms with Gasteiger partial charge >= 0.3 is 0 Å². The lowest BCUT2D eigenvalue weighted by atomic mass is 9.94. The molecule has 4 rings (SSSR count). The van der Waals surface area contributed by atoms with E-state index in [-0.39, 0.29) is 5.91 Å². The van der Waals surface area contributed by atoms with Crippen LogP contribution in [0.1, 0.15) is 20.7 Å². The van der Waals surface area contributed by atoms with Crippen molar-refractivity contribution < 1.29 is 9.59 Å². The van der Waals surface area contributed by atoms with E-state index in [1.165, 1.54) is 6.33 Å². The van der Waals surface area contributed by atoms with Crippen LogP contribution in [0, 0.1) is 0 Å². The van der Waals surface area contributed by atoms with E-state index in [1.54, 1.807) is 29.4 Å². The predicted molar refractivity (Wildman–Crippen MR) is 114 cm³/mol. The molecular weight excluding hydrogens is 380 g/mol. The van der Waals surface area contributed by atoms with Crippen LogP contribution in [0.4, 0.5) is 11.4 Å². The van der Waals surface area contributed by atoms with E-state index >= 15 is 0 Å². The molecule has 0 radical (unpaired) electrons. The Kier molecular flexibility index (Phi) is 5.67. The molecule has 30 heavy (non-hydrogen) atoms. The number of carbonyl (C=O) groups excluding carboxylic acids is 2. The molecule has 2 aromatic carbocycles. The molecule has 152 valence electrons. The van der Waals surface area contributed by atoms with Crippen molar-refractivity contribution in [1.29, 1.82) is 0 Å². The maximum atomic E-state index is 13.4. The summed E-state index contributed by atoms with van der Waals surface area (Å²) in [7, 11) is 0. The lowest BCUT2D eigenvalue weighted by molar-refractivity contribution is 0.0736. The van der Waals surface area contributed by atoms with E-state index < -0.39 is 5.91 Å². The summed E-state index contributed by atoms with van der Waals surface area (Å²) in [6.45, 7) is 2.72. The summed E-state index contributed by atoms with van der Waals surface area (Å²) in [5.74, 6) is -0.699. The van der Waals surface area contributed by atoms with Gasteiger partial charge in [-0.15, -0.1) is 0 Å². The second-order valence-electron chi connectivity index (χ2n) is 6.94. The average Bonchev–Trinajstić information content (AvgIpc) is 2.80. The second kappa shape index (κ2) is 8.71. The van der Waals surface area contributed by atoms with E-state index in [4.69, 9.17) is 5.73 Å². The van der Waals surface area contributed by atoms with E-state index in [1.807, 2.05) is 30.3 Å². The zero-order chi connectivity index (χ0) is 20.9. The number of nitrogens with zero attached hydrogens (tertiary/aromatic N) is 3. The number of rotatable bonds is 5. The number of carbonyl (C=O) groups is 2. The normalized spacial score (nSPS) is 13.7. The standard InChI is InChI=1S/C22H22N6O2/c23-21(29)17-6-7-18(22(30)28-10-8-24-9-11-28)20(27-16-4-2-1-3-5-16)19(17)15-12-25-14-26-13-15/h1-7,12-14,24,27H,8-11H2,(H2,23,29). The number of para-hydroxylation sites is 1. The Morgan fingerprint density at radius 1 is 0.967 bits per heavy atom. The maximum absolute atomic E-state index is 13.4. The fourth-order valence-electron chi connectivity index (χ4n) is 3.55. The molecule has 0 bridgehead atoms. The van der Waals surface area contributed by atoms with Gasteiger partial charge in [0.1, 0.15) is 6.33 Å². The molecule has 0 aliphatic carbocycles. The van der Waals surface area contributed by atoms with Crippen molar-refractivity contribution >= 4 is 23.2 Å². The number of piperazine rings is 1. The van der Waals surface area contributed by atoms with Crippen LogP contribution in [-0.2, 0) is 0 Å². The second-order valence-corrected chi connectivity index (χ2v) is 6.94. The van der Waals surface area contributed by atoms with Crippen molar-refractivity contribution in [3.63, 3.8) is 0 Å². The summed E-state index contributed by atoms with van der Waals surface area (Å²) in [5, 5.41) is 6.58. The van der Waals surface area contributed by atoms with Crippen molar-refractivity contribution in [1.82, 2.24) is 20.2 Å². The Hall–Kier alpha value is -3.78. The van der Waals surface area contributed by atoms with Crippen molar-refractivity contribution in [3.05, 3.63) is 72.3 Å². The molecule has 0 spiro atoms. The number of hydrogen-bond donors (Lipinski definition) is 3. The third-order valence-electron chi connectivity index (χ3n) is 5.00. The minimum Gasteiger partial charge on any atom is -0.366 e. The van der Waals surface area contributed by atoms with Crippen LogP contribution < -0.4 is 16.4 Å². The molecular formula is C22H22N6O2. The number of nitrogens with one attached hydrogen (secondary N) is 2. The van der Waals surface area contributed by atoms with Gasteiger partial charge in [-0.1, -0.05) is 18.2 Å². The van der Waals surface area contributed by atoms with Crippen molar-refractivity contribution in [2.45, 2.75) is 0 Å². The molecule has 0 saturated carbocycles. The van der Waals surface area contributed by atoms with Gasteiger partial charge in [-0.05, 0) is 24.3 Å². The summed E-state index contributed by atoms with van der Waals surface area (Å²) in [6.07, 6.45) is 4.61. The van der Waals surface area contributed by atoms with Crippen LogP contribution in [0.2, 0.25) is 0 Å². The van der Waals surface area contributed by atoms with E-state index in [0.717, 1.165) is 18.8 Å². The van der Waals surface area contributed by atoms with Gasteiger partial charge < -0.3 is 21.3 Å². The fourth-order valence-corrected chi connectivity index (χ4v) is 3.55. The molecule has 2 amide bonds. The average molecular weight is 402 g/mol. The number of hydrogen-bond acceptors (Lipinski definition) is 6. The highest BCUT2D eigenvalue weighted by molar-refractivity contribution is 6.10. The Balaban J connectivity index is 1.91. The third kappa shape index (κ3) is 3.99. The van der Waals surface area contributed by atoms with Gasteiger partial charge in [-0.2, -0.15) is 0 Å². The van der Waals surface area contributed by atoms with Gasteiger partial charge in [0.2, 0.25) is 5.91 Å². The largest absolute Gasteiger partial charge is 0.366 e. The maximum Gasteiger partial charge on any atom is 0.256 e. The molecule has 2 heterocycles. The highest BCUT2D eigenvalue weighted by Gasteiger charge is 2.26. The van der Waals surface area contributed by atoms with Crippen molar-refractivity contribution in [2.24, 2.45) is 5.73 Å². The van der Waals surface area contributed by atoms with Crippen LogP contribution in [0.15, 0.2) is 61.2 Å². The molecule has 8 nitrogen and oxygen atoms in total. The summed E-state index contributed by atoms with van der Waals surface area (Å²) >= 11 is 0. The van der Waals surface area contributed by atoms with Gasteiger partial charge in [0.25, 0.3) is 5.91 Å². The quantitative estimate of drug-likeness (QED) is 0.602. The topological polar surface area (TPSA) is 113 Å². The van der Waals surface area contributed by atoms with Crippen LogP contribution in [0.5, 0.6) is 0 Å². The first-order valence-corrected chi connectivity index (χ1v) is 9.69. The van der Waals surface area contributed by atoms with Gasteiger partial charge in [0.15, 0.2) is 0 Å². The molecule has 1 fully saturated rings. The van der Waals surface area contributed by atoms with Gasteiger partial charge in [-0.3, -0.25) is 9.59 Å². The first-order chi connectivity index (χ1) is 14.6. The van der Waals surface area contributed by atoms with E-state index in [9.17, 15) is 9.59 Å². The van der Waals surface area contributed by atoms with Gasteiger partial charge in [0, 0.05) is 61.0 Å². The minimum absolute atomic E-state index is 0.107. The van der Waals surface area contributed by atoms with Crippen LogP contribution in [0.25, 0.3) is 11.1 Å². The minimum atomic E-state index is -0.592. The summed E-state index contributed by atoms with van der Waals surface area (Å²) in [6, 6.07) is 12.7. The zero-order valence-electron chi connectivity index (χ0n) is 16.3. The summed E-state index contributed by atoms with van der Waals surface area (Å²) in [4.78, 5) is 35.6. The van der Waals surface area contributed by atoms with Crippen molar-refractivity contribution in [3.8, 4) is 11.1 Å². The van der Waals surface area contributed by atoms with E-state index in [2.05, 4.69) is 20.6 Å². The third-order valence-corrected chi connectivity index (χ3v) is 5.00. The Morgan fingerprint density at radius 2 is 1.63 bits per heavy atom. The highest BCUT2D eigenvalue weighted by Crippen LogP contribution is 2.36. The van der Waals surface area contributed by atoms with Gasteiger partial charge in [0.05, 0.1) is 11.3 Å². The SMILES string of the molecule is NC(=O)c1ccc(C(=O)N2CCNCC2)c(Nc2ccccc2)c1-c1cncnc1. The fraction of sp³-hybridized carbons (Fsp3) is 0.182.